The molecule has 0 atom stereocenters. The van der Waals surface area contributed by atoms with E-state index in [1.807, 2.05) is 13.1 Å². The molecule has 19 heavy (non-hydrogen) atoms. The topological polar surface area (TPSA) is 49.6 Å². The summed E-state index contributed by atoms with van der Waals surface area (Å²) in [7, 11) is 3.91. The van der Waals surface area contributed by atoms with E-state index in [1.165, 1.54) is 0 Å². The minimum absolute atomic E-state index is 0.0114. The van der Waals surface area contributed by atoms with Gasteiger partial charge in [0.2, 0.25) is 5.91 Å². The van der Waals surface area contributed by atoms with E-state index in [4.69, 9.17) is 5.73 Å². The number of benzene rings is 1. The number of fused-ring (bicyclic) bond motifs is 1. The first-order valence-corrected chi connectivity index (χ1v) is 6.70. The molecule has 0 unspecified atom stereocenters. The van der Waals surface area contributed by atoms with Crippen LogP contribution in [0.4, 0.5) is 11.4 Å². The summed E-state index contributed by atoms with van der Waals surface area (Å²) >= 11 is 0. The van der Waals surface area contributed by atoms with E-state index in [0.29, 0.717) is 13.0 Å². The number of nitrogens with two attached hydrogens (primary N) is 1. The molecule has 1 amide bonds. The number of nitrogens with zero attached hydrogens (tertiary/aromatic N) is 2. The van der Waals surface area contributed by atoms with Crippen molar-refractivity contribution in [2.45, 2.75) is 32.2 Å². The van der Waals surface area contributed by atoms with Gasteiger partial charge in [0, 0.05) is 31.0 Å². The lowest BCUT2D eigenvalue weighted by molar-refractivity contribution is -0.117. The molecule has 1 heterocycles. The van der Waals surface area contributed by atoms with Crippen LogP contribution >= 0.6 is 0 Å². The number of carbonyl (C=O) groups excluding carboxylic acids is 1. The van der Waals surface area contributed by atoms with Crippen LogP contribution in [0.25, 0.3) is 0 Å². The van der Waals surface area contributed by atoms with Crippen molar-refractivity contribution in [2.24, 2.45) is 5.73 Å². The maximum Gasteiger partial charge on any atom is 0.231 e. The summed E-state index contributed by atoms with van der Waals surface area (Å²) in [5, 5.41) is 0. The molecule has 2 N–H and O–H groups in total. The molecule has 1 aliphatic heterocycles. The third-order valence-electron chi connectivity index (χ3n) is 4.19. The van der Waals surface area contributed by atoms with Crippen LogP contribution in [0.15, 0.2) is 18.2 Å². The van der Waals surface area contributed by atoms with Gasteiger partial charge in [-0.05, 0) is 50.6 Å². The molecule has 0 radical (unpaired) electrons. The molecule has 0 fully saturated rings. The van der Waals surface area contributed by atoms with Gasteiger partial charge in [0.15, 0.2) is 0 Å². The second-order valence-electron chi connectivity index (χ2n) is 5.85. The molecule has 0 spiro atoms. The number of anilines is 2. The first-order valence-electron chi connectivity index (χ1n) is 6.70. The normalized spacial score (nSPS) is 14.8. The quantitative estimate of drug-likeness (QED) is 0.898. The molecule has 2 rings (SSSR count). The molecule has 4 heteroatoms. The molecule has 4 nitrogen and oxygen atoms in total. The molecular weight excluding hydrogens is 238 g/mol. The van der Waals surface area contributed by atoms with Gasteiger partial charge in [-0.2, -0.15) is 0 Å². The van der Waals surface area contributed by atoms with Crippen molar-refractivity contribution < 1.29 is 4.79 Å². The zero-order valence-electron chi connectivity index (χ0n) is 12.2. The highest BCUT2D eigenvalue weighted by molar-refractivity contribution is 6.01. The van der Waals surface area contributed by atoms with Crippen molar-refractivity contribution in [3.05, 3.63) is 23.8 Å². The van der Waals surface area contributed by atoms with E-state index >= 15 is 0 Å². The van der Waals surface area contributed by atoms with E-state index in [-0.39, 0.29) is 11.4 Å². The lowest BCUT2D eigenvalue weighted by Gasteiger charge is -2.37. The molecule has 0 saturated carbocycles. The Hall–Kier alpha value is -1.55. The lowest BCUT2D eigenvalue weighted by Crippen LogP contribution is -2.42. The molecule has 0 saturated heterocycles. The SMILES string of the molecule is CN1C(=O)Cc2cc(N(C)C(C)(C)CCN)ccc21. The van der Waals surface area contributed by atoms with Crippen LogP contribution in [-0.2, 0) is 11.2 Å². The van der Waals surface area contributed by atoms with E-state index in [1.54, 1.807) is 4.90 Å². The van der Waals surface area contributed by atoms with Crippen LogP contribution < -0.4 is 15.5 Å². The average molecular weight is 261 g/mol. The van der Waals surface area contributed by atoms with Crippen molar-refractivity contribution in [1.29, 1.82) is 0 Å². The summed E-state index contributed by atoms with van der Waals surface area (Å²) in [5.74, 6) is 0.163. The first-order chi connectivity index (χ1) is 8.86. The fourth-order valence-corrected chi connectivity index (χ4v) is 2.54. The fourth-order valence-electron chi connectivity index (χ4n) is 2.54. The monoisotopic (exact) mass is 261 g/mol. The third kappa shape index (κ3) is 2.45. The minimum atomic E-state index is 0.0114. The zero-order chi connectivity index (χ0) is 14.2. The maximum absolute atomic E-state index is 11.7. The third-order valence-corrected chi connectivity index (χ3v) is 4.19. The Balaban J connectivity index is 2.29. The van der Waals surface area contributed by atoms with Gasteiger partial charge < -0.3 is 15.5 Å². The summed E-state index contributed by atoms with van der Waals surface area (Å²) in [6.07, 6.45) is 1.43. The standard InChI is InChI=1S/C15H23N3O/c1-15(2,7-8-16)18(4)12-5-6-13-11(9-12)10-14(19)17(13)3/h5-6,9H,7-8,10,16H2,1-4H3. The van der Waals surface area contributed by atoms with E-state index < -0.39 is 0 Å². The van der Waals surface area contributed by atoms with Gasteiger partial charge in [0.25, 0.3) is 0 Å². The lowest BCUT2D eigenvalue weighted by atomic mass is 9.97. The number of hydrogen-bond donors (Lipinski definition) is 1. The van der Waals surface area contributed by atoms with Crippen LogP contribution in [0.2, 0.25) is 0 Å². The highest BCUT2D eigenvalue weighted by atomic mass is 16.2. The summed E-state index contributed by atoms with van der Waals surface area (Å²) in [6, 6.07) is 6.23. The Kier molecular flexibility index (Phi) is 3.54. The van der Waals surface area contributed by atoms with Crippen molar-refractivity contribution in [1.82, 2.24) is 0 Å². The Morgan fingerprint density at radius 1 is 1.42 bits per heavy atom. The summed E-state index contributed by atoms with van der Waals surface area (Å²) < 4.78 is 0. The van der Waals surface area contributed by atoms with Gasteiger partial charge >= 0.3 is 0 Å². The molecule has 0 aliphatic carbocycles. The van der Waals surface area contributed by atoms with E-state index in [2.05, 4.69) is 37.9 Å². The van der Waals surface area contributed by atoms with Gasteiger partial charge in [-0.3, -0.25) is 4.79 Å². The van der Waals surface area contributed by atoms with Gasteiger partial charge in [-0.1, -0.05) is 0 Å². The number of amides is 1. The van der Waals surface area contributed by atoms with E-state index in [0.717, 1.165) is 23.4 Å². The van der Waals surface area contributed by atoms with Crippen LogP contribution in [0.3, 0.4) is 0 Å². The summed E-state index contributed by atoms with van der Waals surface area (Å²) in [6.45, 7) is 5.04. The highest BCUT2D eigenvalue weighted by Gasteiger charge is 2.27. The minimum Gasteiger partial charge on any atom is -0.369 e. The zero-order valence-corrected chi connectivity index (χ0v) is 12.2. The second-order valence-corrected chi connectivity index (χ2v) is 5.85. The van der Waals surface area contributed by atoms with Gasteiger partial charge in [0.05, 0.1) is 6.42 Å². The highest BCUT2D eigenvalue weighted by Crippen LogP contribution is 2.33. The van der Waals surface area contributed by atoms with Crippen LogP contribution in [0, 0.1) is 0 Å². The Morgan fingerprint density at radius 3 is 2.74 bits per heavy atom. The Morgan fingerprint density at radius 2 is 2.11 bits per heavy atom. The summed E-state index contributed by atoms with van der Waals surface area (Å²) in [5.41, 5.74) is 8.97. The molecular formula is C15H23N3O. The van der Waals surface area contributed by atoms with Gasteiger partial charge in [0.1, 0.15) is 0 Å². The molecule has 1 aliphatic rings. The number of hydrogen-bond acceptors (Lipinski definition) is 3. The van der Waals surface area contributed by atoms with Crippen molar-refractivity contribution in [2.75, 3.05) is 30.4 Å². The molecule has 1 aromatic carbocycles. The van der Waals surface area contributed by atoms with Gasteiger partial charge in [-0.25, -0.2) is 0 Å². The van der Waals surface area contributed by atoms with Gasteiger partial charge in [-0.15, -0.1) is 0 Å². The molecule has 0 bridgehead atoms. The largest absolute Gasteiger partial charge is 0.369 e. The van der Waals surface area contributed by atoms with Crippen molar-refractivity contribution in [3.8, 4) is 0 Å². The molecule has 1 aromatic rings. The molecule has 0 aromatic heterocycles. The smallest absolute Gasteiger partial charge is 0.231 e. The van der Waals surface area contributed by atoms with Crippen LogP contribution in [0.1, 0.15) is 25.8 Å². The Bertz CT molecular complexity index is 496. The van der Waals surface area contributed by atoms with Crippen molar-refractivity contribution in [3.63, 3.8) is 0 Å². The molecule has 104 valence electrons. The summed E-state index contributed by atoms with van der Waals surface area (Å²) in [4.78, 5) is 15.7. The predicted octanol–water partition coefficient (Wildman–Crippen LogP) is 1.77. The fraction of sp³-hybridized carbons (Fsp3) is 0.533. The van der Waals surface area contributed by atoms with Crippen LogP contribution in [0.5, 0.6) is 0 Å². The first kappa shape index (κ1) is 13.9. The maximum atomic E-state index is 11.7. The second kappa shape index (κ2) is 4.85. The van der Waals surface area contributed by atoms with Crippen molar-refractivity contribution >= 4 is 17.3 Å². The number of likely N-dealkylation sites (N-methyl/N-ethyl adjacent to an activating group) is 1. The number of rotatable bonds is 4. The average Bonchev–Trinajstić information content (AvgIpc) is 2.63. The number of carbonyl (C=O) groups is 1. The van der Waals surface area contributed by atoms with Crippen LogP contribution in [-0.4, -0.2) is 32.1 Å². The predicted molar refractivity (Wildman–Crippen MR) is 79.7 cm³/mol. The Labute approximate surface area is 115 Å². The van der Waals surface area contributed by atoms with E-state index in [9.17, 15) is 4.79 Å².